The molecule has 3 nitrogen and oxygen atoms in total. The van der Waals surface area contributed by atoms with Gasteiger partial charge in [0.1, 0.15) is 0 Å². The van der Waals surface area contributed by atoms with Gasteiger partial charge in [0.25, 0.3) is 0 Å². The average molecular weight is 285 g/mol. The summed E-state index contributed by atoms with van der Waals surface area (Å²) in [5.74, 6) is 0. The number of benzene rings is 2. The van der Waals surface area contributed by atoms with Crippen molar-refractivity contribution in [3.8, 4) is 0 Å². The summed E-state index contributed by atoms with van der Waals surface area (Å²) in [7, 11) is 1.65. The van der Waals surface area contributed by atoms with Gasteiger partial charge in [-0.25, -0.2) is 0 Å². The molecule has 0 fully saturated rings. The number of ether oxygens (including phenoxy) is 1. The molecule has 0 aromatic heterocycles. The molecule has 2 rings (SSSR count). The highest BCUT2D eigenvalue weighted by atomic mass is 16.8. The van der Waals surface area contributed by atoms with Crippen molar-refractivity contribution in [1.82, 2.24) is 5.06 Å². The van der Waals surface area contributed by atoms with Gasteiger partial charge in [-0.05, 0) is 24.0 Å². The third-order valence-corrected chi connectivity index (χ3v) is 3.34. The highest BCUT2D eigenvalue weighted by Gasteiger charge is 2.06. The van der Waals surface area contributed by atoms with Crippen LogP contribution < -0.4 is 0 Å². The molecule has 3 heteroatoms. The Morgan fingerprint density at radius 3 is 1.67 bits per heavy atom. The minimum Gasteiger partial charge on any atom is -0.357 e. The van der Waals surface area contributed by atoms with Crippen LogP contribution in [0.4, 0.5) is 0 Å². The molecular formula is C18H23NO2. The van der Waals surface area contributed by atoms with Crippen molar-refractivity contribution in [1.29, 1.82) is 0 Å². The van der Waals surface area contributed by atoms with Gasteiger partial charge in [0, 0.05) is 20.2 Å². The molecule has 0 radical (unpaired) electrons. The van der Waals surface area contributed by atoms with E-state index < -0.39 is 0 Å². The topological polar surface area (TPSA) is 21.7 Å². The number of hydrogen-bond donors (Lipinski definition) is 0. The lowest BCUT2D eigenvalue weighted by Gasteiger charge is -2.21. The predicted octanol–water partition coefficient (Wildman–Crippen LogP) is 3.31. The van der Waals surface area contributed by atoms with E-state index in [1.54, 1.807) is 7.11 Å². The first-order chi connectivity index (χ1) is 10.4. The highest BCUT2D eigenvalue weighted by molar-refractivity contribution is 5.15. The second-order valence-corrected chi connectivity index (χ2v) is 4.94. The number of rotatable bonds is 9. The second kappa shape index (κ2) is 9.29. The van der Waals surface area contributed by atoms with Gasteiger partial charge in [-0.3, -0.25) is 4.84 Å². The van der Waals surface area contributed by atoms with E-state index in [4.69, 9.17) is 9.57 Å². The minimum absolute atomic E-state index is 0.295. The number of nitrogens with zero attached hydrogens (tertiary/aromatic N) is 1. The Kier molecular flexibility index (Phi) is 6.95. The fourth-order valence-corrected chi connectivity index (χ4v) is 2.17. The van der Waals surface area contributed by atoms with Gasteiger partial charge in [0.05, 0.1) is 0 Å². The van der Waals surface area contributed by atoms with Crippen LogP contribution in [-0.2, 0) is 22.4 Å². The summed E-state index contributed by atoms with van der Waals surface area (Å²) in [6.07, 6.45) is 1.94. The lowest BCUT2D eigenvalue weighted by molar-refractivity contribution is -0.216. The zero-order chi connectivity index (χ0) is 14.8. The Morgan fingerprint density at radius 1 is 0.762 bits per heavy atom. The standard InChI is InChI=1S/C18H23NO2/c1-20-16-21-19(14-12-17-8-4-2-5-9-17)15-13-18-10-6-3-7-11-18/h2-11H,12-16H2,1H3. The SMILES string of the molecule is COCON(CCc1ccccc1)CCc1ccccc1. The maximum Gasteiger partial charge on any atom is 0.166 e. The van der Waals surface area contributed by atoms with E-state index in [1.807, 2.05) is 17.2 Å². The Hall–Kier alpha value is -1.68. The minimum atomic E-state index is 0.295. The molecule has 0 amide bonds. The predicted molar refractivity (Wildman–Crippen MR) is 84.8 cm³/mol. The van der Waals surface area contributed by atoms with Gasteiger partial charge in [0.15, 0.2) is 6.79 Å². The maximum absolute atomic E-state index is 5.65. The Bertz CT molecular complexity index is 444. The van der Waals surface area contributed by atoms with E-state index in [0.717, 1.165) is 25.9 Å². The summed E-state index contributed by atoms with van der Waals surface area (Å²) in [6, 6.07) is 20.9. The Balaban J connectivity index is 1.82. The molecule has 0 N–H and O–H groups in total. The third kappa shape index (κ3) is 6.08. The van der Waals surface area contributed by atoms with Gasteiger partial charge < -0.3 is 4.74 Å². The molecule has 0 heterocycles. The molecule has 2 aromatic rings. The number of hydrogen-bond acceptors (Lipinski definition) is 3. The largest absolute Gasteiger partial charge is 0.357 e. The summed E-state index contributed by atoms with van der Waals surface area (Å²) in [6.45, 7) is 2.02. The van der Waals surface area contributed by atoms with E-state index in [0.29, 0.717) is 6.79 Å². The molecule has 0 unspecified atom stereocenters. The van der Waals surface area contributed by atoms with E-state index in [2.05, 4.69) is 48.5 Å². The highest BCUT2D eigenvalue weighted by Crippen LogP contribution is 2.05. The molecule has 0 spiro atoms. The molecule has 0 aliphatic rings. The van der Waals surface area contributed by atoms with Gasteiger partial charge >= 0.3 is 0 Å². The second-order valence-electron chi connectivity index (χ2n) is 4.94. The van der Waals surface area contributed by atoms with E-state index in [1.165, 1.54) is 11.1 Å². The monoisotopic (exact) mass is 285 g/mol. The smallest absolute Gasteiger partial charge is 0.166 e. The van der Waals surface area contributed by atoms with Crippen LogP contribution in [0.15, 0.2) is 60.7 Å². The van der Waals surface area contributed by atoms with E-state index in [9.17, 15) is 0 Å². The molecule has 0 saturated heterocycles. The summed E-state index contributed by atoms with van der Waals surface area (Å²) in [5, 5.41) is 1.99. The fraction of sp³-hybridized carbons (Fsp3) is 0.333. The summed E-state index contributed by atoms with van der Waals surface area (Å²) in [4.78, 5) is 5.65. The van der Waals surface area contributed by atoms with E-state index in [-0.39, 0.29) is 0 Å². The first-order valence-electron chi connectivity index (χ1n) is 7.33. The molecular weight excluding hydrogens is 262 g/mol. The van der Waals surface area contributed by atoms with Crippen LogP contribution in [0.3, 0.4) is 0 Å². The van der Waals surface area contributed by atoms with Gasteiger partial charge in [0.2, 0.25) is 0 Å². The van der Waals surface area contributed by atoms with Crippen molar-refractivity contribution in [2.75, 3.05) is 27.0 Å². The Labute approximate surface area is 127 Å². The van der Waals surface area contributed by atoms with Crippen molar-refractivity contribution < 1.29 is 9.57 Å². The summed E-state index contributed by atoms with van der Waals surface area (Å²) >= 11 is 0. The summed E-state index contributed by atoms with van der Waals surface area (Å²) in [5.41, 5.74) is 2.64. The van der Waals surface area contributed by atoms with E-state index >= 15 is 0 Å². The van der Waals surface area contributed by atoms with Crippen LogP contribution >= 0.6 is 0 Å². The van der Waals surface area contributed by atoms with Crippen LogP contribution in [0.1, 0.15) is 11.1 Å². The quantitative estimate of drug-likeness (QED) is 0.521. The lowest BCUT2D eigenvalue weighted by atomic mass is 10.1. The molecule has 21 heavy (non-hydrogen) atoms. The number of hydroxylamine groups is 2. The molecule has 0 bridgehead atoms. The molecule has 0 aliphatic heterocycles. The summed E-state index contributed by atoms with van der Waals surface area (Å²) < 4.78 is 5.01. The average Bonchev–Trinajstić information content (AvgIpc) is 2.56. The fourth-order valence-electron chi connectivity index (χ4n) is 2.17. The molecule has 0 aliphatic carbocycles. The van der Waals surface area contributed by atoms with Crippen LogP contribution in [0.2, 0.25) is 0 Å². The van der Waals surface area contributed by atoms with Crippen LogP contribution in [0.5, 0.6) is 0 Å². The molecule has 2 aromatic carbocycles. The van der Waals surface area contributed by atoms with Crippen molar-refractivity contribution >= 4 is 0 Å². The number of methoxy groups -OCH3 is 1. The van der Waals surface area contributed by atoms with Gasteiger partial charge in [-0.1, -0.05) is 60.7 Å². The first kappa shape index (κ1) is 15.7. The zero-order valence-corrected chi connectivity index (χ0v) is 12.6. The van der Waals surface area contributed by atoms with Gasteiger partial charge in [-0.2, -0.15) is 5.06 Å². The molecule has 112 valence electrons. The molecule has 0 saturated carbocycles. The third-order valence-electron chi connectivity index (χ3n) is 3.34. The lowest BCUT2D eigenvalue weighted by Crippen LogP contribution is -2.29. The normalized spacial score (nSPS) is 11.0. The van der Waals surface area contributed by atoms with Crippen LogP contribution in [-0.4, -0.2) is 32.1 Å². The van der Waals surface area contributed by atoms with Crippen molar-refractivity contribution in [3.05, 3.63) is 71.8 Å². The van der Waals surface area contributed by atoms with Crippen LogP contribution in [0, 0.1) is 0 Å². The van der Waals surface area contributed by atoms with Crippen molar-refractivity contribution in [3.63, 3.8) is 0 Å². The van der Waals surface area contributed by atoms with Gasteiger partial charge in [-0.15, -0.1) is 0 Å². The Morgan fingerprint density at radius 2 is 1.24 bits per heavy atom. The zero-order valence-electron chi connectivity index (χ0n) is 12.6. The molecule has 0 atom stereocenters. The van der Waals surface area contributed by atoms with Crippen molar-refractivity contribution in [2.45, 2.75) is 12.8 Å². The first-order valence-corrected chi connectivity index (χ1v) is 7.33. The van der Waals surface area contributed by atoms with Crippen LogP contribution in [0.25, 0.3) is 0 Å². The van der Waals surface area contributed by atoms with Crippen molar-refractivity contribution in [2.24, 2.45) is 0 Å². The maximum atomic E-state index is 5.65.